The van der Waals surface area contributed by atoms with Gasteiger partial charge < -0.3 is 14.6 Å². The van der Waals surface area contributed by atoms with Crippen molar-refractivity contribution in [3.8, 4) is 11.5 Å². The number of carbonyl (C=O) groups excluding carboxylic acids is 2. The van der Waals surface area contributed by atoms with Gasteiger partial charge >= 0.3 is 0 Å². The molecule has 0 saturated carbocycles. The van der Waals surface area contributed by atoms with Crippen LogP contribution in [0.15, 0.2) is 17.1 Å². The minimum atomic E-state index is -0.335. The third-order valence-corrected chi connectivity index (χ3v) is 6.36. The van der Waals surface area contributed by atoms with Gasteiger partial charge in [0.25, 0.3) is 0 Å². The first-order valence-electron chi connectivity index (χ1n) is 13.0. The molecule has 0 saturated heterocycles. The van der Waals surface area contributed by atoms with Crippen molar-refractivity contribution in [3.63, 3.8) is 0 Å². The fraction of sp³-hybridized carbons (Fsp3) is 0.536. The highest BCUT2D eigenvalue weighted by atomic mass is 35.5. The SMILES string of the molecule is CCCC(=O)c1nn2c(=NCC)n(CC(=O)c3cc(OCCO)c(OC)c(C(C)(C)C)c3)nc2c(C)c1C.Cl.[HH]. The Kier molecular flexibility index (Phi) is 10.8. The quantitative estimate of drug-likeness (QED) is 0.346. The number of ether oxygens (including phenoxy) is 2. The van der Waals surface area contributed by atoms with Crippen molar-refractivity contribution in [2.24, 2.45) is 4.99 Å². The molecular weight excluding hydrogens is 522 g/mol. The summed E-state index contributed by atoms with van der Waals surface area (Å²) in [5.74, 6) is 0.689. The Morgan fingerprint density at radius 1 is 1.10 bits per heavy atom. The molecule has 10 nitrogen and oxygen atoms in total. The lowest BCUT2D eigenvalue weighted by Crippen LogP contribution is -2.29. The average molecular weight is 564 g/mol. The summed E-state index contributed by atoms with van der Waals surface area (Å²) in [5.41, 5.74) is 3.84. The average Bonchev–Trinajstić information content (AvgIpc) is 3.20. The number of nitrogens with zero attached hydrogens (tertiary/aromatic N) is 5. The molecule has 0 aliphatic heterocycles. The molecular formula is C28H42ClN5O5. The van der Waals surface area contributed by atoms with Crippen molar-refractivity contribution in [1.82, 2.24) is 19.4 Å². The molecule has 0 fully saturated rings. The molecule has 0 amide bonds. The number of hydrogen-bond donors (Lipinski definition) is 1. The fourth-order valence-electron chi connectivity index (χ4n) is 4.28. The van der Waals surface area contributed by atoms with Crippen LogP contribution in [0.25, 0.3) is 5.65 Å². The fourth-order valence-corrected chi connectivity index (χ4v) is 4.28. The topological polar surface area (TPSA) is 120 Å². The van der Waals surface area contributed by atoms with Gasteiger partial charge in [-0.25, -0.2) is 9.67 Å². The smallest absolute Gasteiger partial charge is 0.245 e. The summed E-state index contributed by atoms with van der Waals surface area (Å²) in [6.07, 6.45) is 1.13. The second-order valence-electron chi connectivity index (χ2n) is 10.2. The molecule has 39 heavy (non-hydrogen) atoms. The van der Waals surface area contributed by atoms with Crippen molar-refractivity contribution < 1.29 is 25.6 Å². The van der Waals surface area contributed by atoms with E-state index in [1.165, 1.54) is 4.68 Å². The molecule has 2 aromatic heterocycles. The second-order valence-corrected chi connectivity index (χ2v) is 10.2. The zero-order valence-corrected chi connectivity index (χ0v) is 24.9. The Labute approximate surface area is 236 Å². The van der Waals surface area contributed by atoms with Gasteiger partial charge in [-0.3, -0.25) is 9.59 Å². The Hall–Kier alpha value is -3.24. The summed E-state index contributed by atoms with van der Waals surface area (Å²) < 4.78 is 14.5. The lowest BCUT2D eigenvalue weighted by molar-refractivity contribution is 0.0959. The first-order chi connectivity index (χ1) is 18.0. The molecule has 1 N–H and O–H groups in total. The summed E-state index contributed by atoms with van der Waals surface area (Å²) in [7, 11) is 1.56. The number of fused-ring (bicyclic) bond motifs is 1. The van der Waals surface area contributed by atoms with Crippen molar-refractivity contribution >= 4 is 29.6 Å². The molecule has 3 aromatic rings. The third kappa shape index (κ3) is 6.67. The van der Waals surface area contributed by atoms with E-state index < -0.39 is 0 Å². The maximum absolute atomic E-state index is 13.6. The summed E-state index contributed by atoms with van der Waals surface area (Å²) in [4.78, 5) is 30.9. The summed E-state index contributed by atoms with van der Waals surface area (Å²) >= 11 is 0. The summed E-state index contributed by atoms with van der Waals surface area (Å²) in [6.45, 7) is 13.9. The van der Waals surface area contributed by atoms with E-state index in [4.69, 9.17) is 9.47 Å². The highest BCUT2D eigenvalue weighted by molar-refractivity contribution is 5.97. The highest BCUT2D eigenvalue weighted by Gasteiger charge is 2.26. The number of aliphatic hydroxyl groups excluding tert-OH is 1. The van der Waals surface area contributed by atoms with Gasteiger partial charge in [0.1, 0.15) is 18.8 Å². The van der Waals surface area contributed by atoms with Gasteiger partial charge in [-0.05, 0) is 50.3 Å². The van der Waals surface area contributed by atoms with Crippen LogP contribution in [-0.2, 0) is 12.0 Å². The largest absolute Gasteiger partial charge is 0.493 e. The van der Waals surface area contributed by atoms with Gasteiger partial charge in [0.15, 0.2) is 28.7 Å². The van der Waals surface area contributed by atoms with Crippen LogP contribution in [0.2, 0.25) is 0 Å². The number of carbonyl (C=O) groups is 2. The van der Waals surface area contributed by atoms with Crippen LogP contribution in [-0.4, -0.2) is 62.9 Å². The van der Waals surface area contributed by atoms with Crippen LogP contribution < -0.4 is 15.1 Å². The molecule has 11 heteroatoms. The number of Topliss-reactive ketones (excluding diaryl/α,β-unsaturated/α-hetero) is 2. The van der Waals surface area contributed by atoms with E-state index in [1.807, 2.05) is 54.5 Å². The van der Waals surface area contributed by atoms with Gasteiger partial charge in [0, 0.05) is 31.1 Å². The van der Waals surface area contributed by atoms with Gasteiger partial charge in [-0.15, -0.1) is 17.5 Å². The maximum Gasteiger partial charge on any atom is 0.245 e. The Morgan fingerprint density at radius 3 is 2.36 bits per heavy atom. The van der Waals surface area contributed by atoms with E-state index in [0.717, 1.165) is 23.1 Å². The lowest BCUT2D eigenvalue weighted by Gasteiger charge is -2.25. The van der Waals surface area contributed by atoms with Gasteiger partial charge in [0.2, 0.25) is 5.62 Å². The number of aliphatic hydroxyl groups is 1. The lowest BCUT2D eigenvalue weighted by atomic mass is 9.84. The van der Waals surface area contributed by atoms with E-state index >= 15 is 0 Å². The molecule has 216 valence electrons. The number of aromatic nitrogens is 4. The molecule has 0 spiro atoms. The van der Waals surface area contributed by atoms with Crippen LogP contribution >= 0.6 is 12.4 Å². The molecule has 2 heterocycles. The Morgan fingerprint density at radius 2 is 1.79 bits per heavy atom. The van der Waals surface area contributed by atoms with Crippen LogP contribution in [0.1, 0.15) is 86.4 Å². The molecule has 0 radical (unpaired) electrons. The summed E-state index contributed by atoms with van der Waals surface area (Å²) in [5, 5.41) is 18.6. The number of benzene rings is 1. The molecule has 1 aromatic carbocycles. The Bertz CT molecular complexity index is 1430. The van der Waals surface area contributed by atoms with Crippen LogP contribution in [0.3, 0.4) is 0 Å². The van der Waals surface area contributed by atoms with E-state index in [-0.39, 0.29) is 50.6 Å². The predicted octanol–water partition coefficient (Wildman–Crippen LogP) is 4.28. The van der Waals surface area contributed by atoms with Crippen LogP contribution in [0.5, 0.6) is 11.5 Å². The first-order valence-corrected chi connectivity index (χ1v) is 13.0. The predicted molar refractivity (Wildman–Crippen MR) is 154 cm³/mol. The minimum Gasteiger partial charge on any atom is -0.493 e. The summed E-state index contributed by atoms with van der Waals surface area (Å²) in [6, 6.07) is 3.45. The zero-order valence-electron chi connectivity index (χ0n) is 24.1. The standard InChI is InChI=1S/C28H39N5O5.ClH.H2/c1-9-11-21(35)24-17(3)18(4)26-31-32(27(29-10-2)33(26)30-24)16-22(36)19-14-20(28(5,6)7)25(37-8)23(15-19)38-13-12-34;;/h14-15,34H,9-13,16H2,1-8H3;2*1H. The normalized spacial score (nSPS) is 12.0. The number of methoxy groups -OCH3 is 1. The zero-order chi connectivity index (χ0) is 28.2. The molecule has 0 atom stereocenters. The number of aryl methyl sites for hydroxylation is 1. The van der Waals surface area contributed by atoms with E-state index in [9.17, 15) is 14.7 Å². The molecule has 0 bridgehead atoms. The van der Waals surface area contributed by atoms with Crippen LogP contribution in [0.4, 0.5) is 0 Å². The van der Waals surface area contributed by atoms with Crippen molar-refractivity contribution in [2.75, 3.05) is 26.9 Å². The van der Waals surface area contributed by atoms with Crippen molar-refractivity contribution in [3.05, 3.63) is 45.7 Å². The monoisotopic (exact) mass is 563 g/mol. The maximum atomic E-state index is 13.6. The molecule has 0 aliphatic rings. The van der Waals surface area contributed by atoms with Crippen molar-refractivity contribution in [1.29, 1.82) is 0 Å². The number of hydrogen-bond acceptors (Lipinski definition) is 8. The van der Waals surface area contributed by atoms with Gasteiger partial charge in [0.05, 0.1) is 13.7 Å². The third-order valence-electron chi connectivity index (χ3n) is 6.36. The highest BCUT2D eigenvalue weighted by Crippen LogP contribution is 2.40. The molecule has 3 rings (SSSR count). The van der Waals surface area contributed by atoms with E-state index in [0.29, 0.717) is 47.0 Å². The van der Waals surface area contributed by atoms with Crippen molar-refractivity contribution in [2.45, 2.75) is 73.3 Å². The van der Waals surface area contributed by atoms with Gasteiger partial charge in [-0.2, -0.15) is 9.61 Å². The molecule has 0 unspecified atom stereocenters. The minimum absolute atomic E-state index is 0. The van der Waals surface area contributed by atoms with E-state index in [1.54, 1.807) is 17.7 Å². The van der Waals surface area contributed by atoms with E-state index in [2.05, 4.69) is 15.2 Å². The number of rotatable bonds is 11. The van der Waals surface area contributed by atoms with Gasteiger partial charge in [-0.1, -0.05) is 27.7 Å². The number of halogens is 1. The molecule has 0 aliphatic carbocycles. The number of ketones is 2. The second kappa shape index (κ2) is 13.2. The first kappa shape index (κ1) is 32.0. The van der Waals surface area contributed by atoms with Crippen LogP contribution in [0, 0.1) is 13.8 Å². The Balaban J connectivity index is 0.00000400.